The summed E-state index contributed by atoms with van der Waals surface area (Å²) in [4.78, 5) is 22.3. The van der Waals surface area contributed by atoms with Gasteiger partial charge in [0.25, 0.3) is 0 Å². The van der Waals surface area contributed by atoms with Crippen molar-refractivity contribution in [3.8, 4) is 0 Å². The van der Waals surface area contributed by atoms with Crippen LogP contribution in [0.15, 0.2) is 0 Å². The summed E-state index contributed by atoms with van der Waals surface area (Å²) in [5, 5.41) is 0. The third kappa shape index (κ3) is 12.5. The fourth-order valence-electron chi connectivity index (χ4n) is 1.94. The van der Waals surface area contributed by atoms with Crippen molar-refractivity contribution in [2.75, 3.05) is 5.88 Å². The van der Waals surface area contributed by atoms with Gasteiger partial charge in [-0.1, -0.05) is 44.9 Å². The van der Waals surface area contributed by atoms with Crippen molar-refractivity contribution in [2.45, 2.75) is 84.2 Å². The molecule has 20 heavy (non-hydrogen) atoms. The maximum atomic E-state index is 11.4. The predicted molar refractivity (Wildman–Crippen MR) is 83.1 cm³/mol. The highest BCUT2D eigenvalue weighted by Gasteiger charge is 2.12. The van der Waals surface area contributed by atoms with Crippen LogP contribution in [0.1, 0.15) is 78.1 Å². The first kappa shape index (κ1) is 19.4. The average molecular weight is 305 g/mol. The molecule has 0 heterocycles. The van der Waals surface area contributed by atoms with Crippen LogP contribution in [0.5, 0.6) is 0 Å². The Morgan fingerprint density at radius 3 is 1.80 bits per heavy atom. The Morgan fingerprint density at radius 2 is 1.35 bits per heavy atom. The number of unbranched alkanes of at least 4 members (excludes halogenated alkanes) is 8. The number of hydrogen-bond acceptors (Lipinski definition) is 3. The van der Waals surface area contributed by atoms with Gasteiger partial charge in [0.05, 0.1) is 0 Å². The largest absolute Gasteiger partial charge is 0.455 e. The normalized spacial score (nSPS) is 12.2. The van der Waals surface area contributed by atoms with E-state index in [1.165, 1.54) is 45.4 Å². The van der Waals surface area contributed by atoms with Gasteiger partial charge in [0.2, 0.25) is 0 Å². The van der Waals surface area contributed by atoms with E-state index in [9.17, 15) is 9.59 Å². The van der Waals surface area contributed by atoms with Crippen LogP contribution in [0.4, 0.5) is 0 Å². The van der Waals surface area contributed by atoms with Gasteiger partial charge in [-0.15, -0.1) is 11.6 Å². The molecule has 0 aliphatic carbocycles. The highest BCUT2D eigenvalue weighted by molar-refractivity contribution is 6.17. The summed E-state index contributed by atoms with van der Waals surface area (Å²) in [7, 11) is 0. The maximum Gasteiger partial charge on any atom is 0.306 e. The number of Topliss-reactive ketones (excluding diaryl/α,β-unsaturated/α-hetero) is 1. The minimum atomic E-state index is -0.601. The summed E-state index contributed by atoms with van der Waals surface area (Å²) in [6.07, 6.45) is 10.4. The van der Waals surface area contributed by atoms with Crippen LogP contribution in [-0.4, -0.2) is 23.7 Å². The molecule has 0 bridgehead atoms. The van der Waals surface area contributed by atoms with Crippen molar-refractivity contribution in [3.63, 3.8) is 0 Å². The molecule has 118 valence electrons. The first-order valence-corrected chi connectivity index (χ1v) is 8.37. The molecule has 0 spiro atoms. The monoisotopic (exact) mass is 304 g/mol. The highest BCUT2D eigenvalue weighted by Crippen LogP contribution is 2.11. The summed E-state index contributed by atoms with van der Waals surface area (Å²) >= 11 is 5.62. The van der Waals surface area contributed by atoms with E-state index in [4.69, 9.17) is 16.3 Å². The number of rotatable bonds is 13. The molecule has 0 aliphatic rings. The van der Waals surface area contributed by atoms with Crippen LogP contribution >= 0.6 is 11.6 Å². The van der Waals surface area contributed by atoms with E-state index in [0.717, 1.165) is 25.1 Å². The lowest BCUT2D eigenvalue weighted by molar-refractivity contribution is -0.153. The Morgan fingerprint density at radius 1 is 0.900 bits per heavy atom. The van der Waals surface area contributed by atoms with Crippen molar-refractivity contribution < 1.29 is 14.3 Å². The molecule has 1 unspecified atom stereocenters. The summed E-state index contributed by atoms with van der Waals surface area (Å²) in [6.45, 7) is 3.05. The molecule has 0 saturated heterocycles. The van der Waals surface area contributed by atoms with Crippen LogP contribution in [0.3, 0.4) is 0 Å². The molecule has 0 aliphatic heterocycles. The number of ether oxygens (including phenoxy) is 1. The van der Waals surface area contributed by atoms with Crippen LogP contribution < -0.4 is 0 Å². The van der Waals surface area contributed by atoms with Crippen LogP contribution in [-0.2, 0) is 14.3 Å². The van der Waals surface area contributed by atoms with Gasteiger partial charge in [0, 0.05) is 12.3 Å². The zero-order chi connectivity index (χ0) is 15.2. The summed E-state index contributed by atoms with van der Waals surface area (Å²) in [5.41, 5.74) is 0. The highest BCUT2D eigenvalue weighted by atomic mass is 35.5. The Balaban J connectivity index is 3.27. The standard InChI is InChI=1S/C16H29ClO3/c1-14(18)15(2)20-16(19)12-10-8-6-4-3-5-7-9-11-13-17/h15H,3-13H2,1-2H3. The van der Waals surface area contributed by atoms with E-state index >= 15 is 0 Å². The van der Waals surface area contributed by atoms with Gasteiger partial charge in [-0.25, -0.2) is 0 Å². The average Bonchev–Trinajstić information content (AvgIpc) is 2.40. The van der Waals surface area contributed by atoms with Crippen molar-refractivity contribution in [1.82, 2.24) is 0 Å². The first-order chi connectivity index (χ1) is 9.57. The molecule has 1 atom stereocenters. The second kappa shape index (κ2) is 13.4. The van der Waals surface area contributed by atoms with E-state index in [2.05, 4.69) is 0 Å². The van der Waals surface area contributed by atoms with Crippen LogP contribution in [0.25, 0.3) is 0 Å². The van der Waals surface area contributed by atoms with Crippen molar-refractivity contribution >= 4 is 23.4 Å². The Kier molecular flexibility index (Phi) is 13.0. The van der Waals surface area contributed by atoms with Gasteiger partial charge in [0.1, 0.15) is 0 Å². The second-order valence-electron chi connectivity index (χ2n) is 5.36. The third-order valence-electron chi connectivity index (χ3n) is 3.40. The molecule has 0 aromatic rings. The molecular weight excluding hydrogens is 276 g/mol. The third-order valence-corrected chi connectivity index (χ3v) is 3.66. The van der Waals surface area contributed by atoms with Crippen molar-refractivity contribution in [3.05, 3.63) is 0 Å². The number of carbonyl (C=O) groups excluding carboxylic acids is 2. The first-order valence-electron chi connectivity index (χ1n) is 7.83. The van der Waals surface area contributed by atoms with Gasteiger partial charge in [-0.2, -0.15) is 0 Å². The summed E-state index contributed by atoms with van der Waals surface area (Å²) in [5.74, 6) is 0.416. The lowest BCUT2D eigenvalue weighted by Gasteiger charge is -2.09. The molecule has 0 aromatic heterocycles. The number of carbonyl (C=O) groups is 2. The van der Waals surface area contributed by atoms with Gasteiger partial charge < -0.3 is 4.74 Å². The molecule has 0 aromatic carbocycles. The van der Waals surface area contributed by atoms with Crippen molar-refractivity contribution in [1.29, 1.82) is 0 Å². The van der Waals surface area contributed by atoms with E-state index in [1.54, 1.807) is 6.92 Å². The number of alkyl halides is 1. The fraction of sp³-hybridized carbons (Fsp3) is 0.875. The maximum absolute atomic E-state index is 11.4. The fourth-order valence-corrected chi connectivity index (χ4v) is 2.13. The van der Waals surface area contributed by atoms with Gasteiger partial charge >= 0.3 is 5.97 Å². The number of esters is 1. The minimum absolute atomic E-state index is 0.104. The molecule has 3 nitrogen and oxygen atoms in total. The lowest BCUT2D eigenvalue weighted by atomic mass is 10.1. The summed E-state index contributed by atoms with van der Waals surface area (Å²) < 4.78 is 5.00. The van der Waals surface area contributed by atoms with Gasteiger partial charge in [0.15, 0.2) is 11.9 Å². The van der Waals surface area contributed by atoms with Crippen LogP contribution in [0, 0.1) is 0 Å². The Hall–Kier alpha value is -0.570. The van der Waals surface area contributed by atoms with Gasteiger partial charge in [-0.3, -0.25) is 9.59 Å². The molecule has 0 amide bonds. The summed E-state index contributed by atoms with van der Waals surface area (Å²) in [6, 6.07) is 0. The van der Waals surface area contributed by atoms with E-state index in [1.807, 2.05) is 0 Å². The Labute approximate surface area is 128 Å². The smallest absolute Gasteiger partial charge is 0.306 e. The number of hydrogen-bond donors (Lipinski definition) is 0. The topological polar surface area (TPSA) is 43.4 Å². The van der Waals surface area contributed by atoms with E-state index in [-0.39, 0.29) is 11.8 Å². The zero-order valence-corrected chi connectivity index (χ0v) is 13.7. The quantitative estimate of drug-likeness (QED) is 0.283. The second-order valence-corrected chi connectivity index (χ2v) is 5.74. The number of halogens is 1. The number of ketones is 1. The van der Waals surface area contributed by atoms with Crippen molar-refractivity contribution in [2.24, 2.45) is 0 Å². The lowest BCUT2D eigenvalue weighted by Crippen LogP contribution is -2.21. The molecule has 0 N–H and O–H groups in total. The molecule has 4 heteroatoms. The molecule has 0 radical (unpaired) electrons. The molecule has 0 rings (SSSR count). The Bertz CT molecular complexity index is 266. The SMILES string of the molecule is CC(=O)C(C)OC(=O)CCCCCCCCCCCCl. The predicted octanol–water partition coefficient (Wildman–Crippen LogP) is 4.65. The molecular formula is C16H29ClO3. The minimum Gasteiger partial charge on any atom is -0.455 e. The van der Waals surface area contributed by atoms with E-state index in [0.29, 0.717) is 6.42 Å². The molecule has 0 saturated carbocycles. The zero-order valence-electron chi connectivity index (χ0n) is 13.0. The molecule has 0 fully saturated rings. The van der Waals surface area contributed by atoms with E-state index < -0.39 is 6.10 Å². The van der Waals surface area contributed by atoms with Gasteiger partial charge in [-0.05, 0) is 26.7 Å². The van der Waals surface area contributed by atoms with Crippen LogP contribution in [0.2, 0.25) is 0 Å².